The zero-order valence-corrected chi connectivity index (χ0v) is 83.7. The Morgan fingerprint density at radius 3 is 0.983 bits per heavy atom. The fourth-order valence-electron chi connectivity index (χ4n) is 13.0. The predicted molar refractivity (Wildman–Crippen MR) is 526 cm³/mol. The largest absolute Gasteiger partial charge is 0.467 e. The molecule has 0 aliphatic carbocycles. The molecule has 9 aromatic rings. The third-order valence-electron chi connectivity index (χ3n) is 19.7. The summed E-state index contributed by atoms with van der Waals surface area (Å²) in [6.07, 6.45) is 0.839. The molecule has 4 N–H and O–H groups in total. The quantitative estimate of drug-likeness (QED) is 0.0253. The summed E-state index contributed by atoms with van der Waals surface area (Å²) in [4.78, 5) is 0. The van der Waals surface area contributed by atoms with Crippen LogP contribution >= 0.6 is 34.3 Å². The van der Waals surface area contributed by atoms with Crippen molar-refractivity contribution in [3.63, 3.8) is 0 Å². The Hall–Kier alpha value is -6.42. The van der Waals surface area contributed by atoms with Crippen LogP contribution in [0.2, 0.25) is 0 Å². The van der Waals surface area contributed by atoms with E-state index in [9.17, 15) is 0 Å². The van der Waals surface area contributed by atoms with E-state index >= 15 is 0 Å². The molecule has 0 saturated heterocycles. The highest BCUT2D eigenvalue weighted by atomic mass is 31.1. The first kappa shape index (κ1) is 102. The number of hydrogen-bond donors (Lipinski definition) is 4. The van der Waals surface area contributed by atoms with Gasteiger partial charge in [-0.05, 0) is 234 Å². The molecule has 120 heavy (non-hydrogen) atoms. The molecule has 12 nitrogen and oxygen atoms in total. The van der Waals surface area contributed by atoms with Crippen molar-refractivity contribution in [1.29, 1.82) is 0 Å². The summed E-state index contributed by atoms with van der Waals surface area (Å²) >= 11 is 0. The Bertz CT molecular complexity index is 4630. The first-order valence-electron chi connectivity index (χ1n) is 42.5. The standard InChI is InChI=1S/C28H44NO2P.C26H32NO2P.2C25H38NO2P/c1-19-12-13-23(20(14-19)17-29-28(8,9)10)32-24-16-21(26(2,3)4)15-22(27(5,6)7)25(24)31-18-30-11;1-26(2,3)27-18-22-13-8-9-15-23(22)30-24-16-10-14-21(25(24)29-19-28-4)17-20-11-6-5-7-12-20;1-17-10-11-21(19(12-17)15-26-25(6,7)8)29-22-14-20(24(3,4)5)13-18(2)23(22)28-16-27-9;1-17-10-11-21(19(12-17)15-26-25(6,7)8)29-22-14-18(2)13-20(24(3,4)5)23(22)28-16-27-9/h12-16,29,32H,17-18H2,1-11H3;5-16,27,30H,17-19H2,1-4H3;2*10-14,26,29H,15-16H2,1-9H3. The smallest absolute Gasteiger partial charge is 0.188 e. The molecule has 16 heteroatoms. The van der Waals surface area contributed by atoms with Gasteiger partial charge in [-0.2, -0.15) is 0 Å². The van der Waals surface area contributed by atoms with Crippen molar-refractivity contribution in [3.8, 4) is 23.0 Å². The average Bonchev–Trinajstić information content (AvgIpc) is 0.786. The number of benzene rings is 9. The topological polar surface area (TPSA) is 122 Å². The molecule has 0 aromatic heterocycles. The van der Waals surface area contributed by atoms with Crippen LogP contribution in [0.1, 0.15) is 250 Å². The van der Waals surface area contributed by atoms with E-state index in [1.54, 1.807) is 28.4 Å². The Morgan fingerprint density at radius 1 is 0.258 bits per heavy atom. The second-order valence-electron chi connectivity index (χ2n) is 40.0. The Labute approximate surface area is 734 Å². The predicted octanol–water partition coefficient (Wildman–Crippen LogP) is 21.1. The van der Waals surface area contributed by atoms with Gasteiger partial charge in [-0.25, -0.2) is 0 Å². The van der Waals surface area contributed by atoms with Crippen molar-refractivity contribution >= 4 is 76.8 Å². The summed E-state index contributed by atoms with van der Waals surface area (Å²) < 4.78 is 45.4. The molecule has 9 aromatic carbocycles. The summed E-state index contributed by atoms with van der Waals surface area (Å²) in [6.45, 7) is 68.8. The lowest BCUT2D eigenvalue weighted by Crippen LogP contribution is -2.36. The van der Waals surface area contributed by atoms with Gasteiger partial charge in [0, 0.05) is 116 Å². The number of para-hydroxylation sites is 1. The average molecular weight is 1710 g/mol. The molecule has 0 heterocycles. The van der Waals surface area contributed by atoms with E-state index in [2.05, 4.69) is 380 Å². The number of hydrogen-bond acceptors (Lipinski definition) is 12. The lowest BCUT2D eigenvalue weighted by atomic mass is 9.80. The van der Waals surface area contributed by atoms with Crippen LogP contribution < -0.4 is 82.7 Å². The van der Waals surface area contributed by atoms with Crippen molar-refractivity contribution in [1.82, 2.24) is 21.3 Å². The Balaban J connectivity index is 0.000000248. The molecule has 0 spiro atoms. The van der Waals surface area contributed by atoms with Crippen LogP contribution in [0, 0.1) is 34.6 Å². The van der Waals surface area contributed by atoms with E-state index < -0.39 is 0 Å². The second kappa shape index (κ2) is 46.0. The van der Waals surface area contributed by atoms with Crippen LogP contribution in [-0.2, 0) is 73.2 Å². The number of methoxy groups -OCH3 is 4. The molecule has 0 aliphatic heterocycles. The fraction of sp³-hybridized carbons (Fsp3) is 0.481. The lowest BCUT2D eigenvalue weighted by Gasteiger charge is -2.29. The van der Waals surface area contributed by atoms with Crippen LogP contribution in [0.5, 0.6) is 23.0 Å². The normalized spacial score (nSPS) is 12.6. The van der Waals surface area contributed by atoms with Crippen LogP contribution in [0.3, 0.4) is 0 Å². The maximum absolute atomic E-state index is 6.23. The maximum atomic E-state index is 6.23. The molecular formula is C104H152N4O8P4. The van der Waals surface area contributed by atoms with Gasteiger partial charge in [-0.1, -0.05) is 280 Å². The maximum Gasteiger partial charge on any atom is 0.188 e. The molecule has 4 unspecified atom stereocenters. The summed E-state index contributed by atoms with van der Waals surface area (Å²) in [7, 11) is 8.75. The first-order chi connectivity index (χ1) is 55.9. The third-order valence-corrected chi connectivity index (χ3v) is 25.3. The van der Waals surface area contributed by atoms with Gasteiger partial charge in [0.15, 0.2) is 27.2 Å². The lowest BCUT2D eigenvalue weighted by molar-refractivity contribution is 0.0504. The molecule has 9 rings (SSSR count). The fourth-order valence-corrected chi connectivity index (χ4v) is 18.4. The minimum absolute atomic E-state index is 0.00176. The van der Waals surface area contributed by atoms with Gasteiger partial charge in [0.2, 0.25) is 0 Å². The highest BCUT2D eigenvalue weighted by Crippen LogP contribution is 2.40. The summed E-state index contributed by atoms with van der Waals surface area (Å²) in [5.41, 5.74) is 19.8. The SMILES string of the molecule is COCOc1c(C)cc(C(C)(C)C)cc1Pc1ccc(C)cc1CNC(C)(C)C.COCOc1c(Cc2ccccc2)cccc1Pc1ccccc1CNC(C)(C)C.COCOc1c(Pc2ccc(C)cc2CNC(C)(C)C)cc(C(C)(C)C)cc1C(C)(C)C.COCOc1c(Pc2ccc(C)cc2CNC(C)(C)C)cc(C)cc1C(C)(C)C. The van der Waals surface area contributed by atoms with Crippen molar-refractivity contribution in [3.05, 3.63) is 247 Å². The minimum atomic E-state index is -0.0343. The van der Waals surface area contributed by atoms with Crippen molar-refractivity contribution < 1.29 is 37.9 Å². The van der Waals surface area contributed by atoms with E-state index in [1.807, 2.05) is 6.07 Å². The minimum Gasteiger partial charge on any atom is -0.467 e. The van der Waals surface area contributed by atoms with Crippen LogP contribution in [0.25, 0.3) is 0 Å². The van der Waals surface area contributed by atoms with Gasteiger partial charge in [-0.15, -0.1) is 0 Å². The van der Waals surface area contributed by atoms with Gasteiger partial charge < -0.3 is 59.2 Å². The highest BCUT2D eigenvalue weighted by molar-refractivity contribution is 7.57. The number of nitrogens with one attached hydrogen (secondary N) is 4. The van der Waals surface area contributed by atoms with Gasteiger partial charge in [0.25, 0.3) is 0 Å². The van der Waals surface area contributed by atoms with E-state index in [0.717, 1.165) is 55.6 Å². The summed E-state index contributed by atoms with van der Waals surface area (Å²) in [6, 6.07) is 59.8. The molecule has 0 amide bonds. The Kier molecular flexibility index (Phi) is 39.2. The first-order valence-corrected chi connectivity index (χ1v) is 46.5. The molecule has 0 aliphatic rings. The van der Waals surface area contributed by atoms with Gasteiger partial charge in [0.05, 0.1) is 0 Å². The van der Waals surface area contributed by atoms with Crippen molar-refractivity contribution in [2.75, 3.05) is 55.6 Å². The van der Waals surface area contributed by atoms with E-state index in [4.69, 9.17) is 37.9 Å². The van der Waals surface area contributed by atoms with E-state index in [0.29, 0.717) is 34.3 Å². The van der Waals surface area contributed by atoms with Crippen molar-refractivity contribution in [2.24, 2.45) is 0 Å². The van der Waals surface area contributed by atoms with Gasteiger partial charge in [-0.3, -0.25) is 0 Å². The number of ether oxygens (including phenoxy) is 8. The zero-order valence-electron chi connectivity index (χ0n) is 79.7. The van der Waals surface area contributed by atoms with Gasteiger partial charge >= 0.3 is 0 Å². The second-order valence-corrected chi connectivity index (χ2v) is 45.3. The number of rotatable bonds is 30. The van der Waals surface area contributed by atoms with E-state index in [1.165, 1.54) is 126 Å². The number of aryl methyl sites for hydroxylation is 5. The molecule has 656 valence electrons. The van der Waals surface area contributed by atoms with Crippen LogP contribution in [-0.4, -0.2) is 77.8 Å². The zero-order chi connectivity index (χ0) is 89.4. The third kappa shape index (κ3) is 35.0. The molecular weight excluding hydrogens is 1560 g/mol. The molecule has 4 atom stereocenters. The van der Waals surface area contributed by atoms with Crippen molar-refractivity contribution in [2.45, 2.75) is 277 Å². The molecule has 0 saturated carbocycles. The summed E-state index contributed by atoms with van der Waals surface area (Å²) in [5.74, 6) is 3.84. The monoisotopic (exact) mass is 1710 g/mol. The highest BCUT2D eigenvalue weighted by Gasteiger charge is 2.29. The summed E-state index contributed by atoms with van der Waals surface area (Å²) in [5, 5.41) is 24.9. The molecule has 0 bridgehead atoms. The molecule has 0 radical (unpaired) electrons. The van der Waals surface area contributed by atoms with E-state index in [-0.39, 0.29) is 71.0 Å². The van der Waals surface area contributed by atoms with Gasteiger partial charge in [0.1, 0.15) is 23.0 Å². The molecule has 0 fully saturated rings. The van der Waals surface area contributed by atoms with Crippen LogP contribution in [0.4, 0.5) is 0 Å². The van der Waals surface area contributed by atoms with Crippen LogP contribution in [0.15, 0.2) is 164 Å². The Morgan fingerprint density at radius 2 is 0.583 bits per heavy atom.